The lowest BCUT2D eigenvalue weighted by atomic mass is 9.55. The van der Waals surface area contributed by atoms with E-state index in [1.54, 1.807) is 35.9 Å². The number of carbonyl (C=O) groups excluding carboxylic acids is 4. The Morgan fingerprint density at radius 2 is 1.61 bits per heavy atom. The number of ether oxygens (including phenoxy) is 1. The average molecular weight is 956 g/mol. The number of piperidine rings is 1. The minimum atomic E-state index is -1.26. The number of nitrogens with zero attached hydrogens (tertiary/aromatic N) is 4. The van der Waals surface area contributed by atoms with Gasteiger partial charge in [0, 0.05) is 80.9 Å². The molecule has 354 valence electrons. The molecule has 4 atom stereocenters. The van der Waals surface area contributed by atoms with Gasteiger partial charge in [0.15, 0.2) is 0 Å². The van der Waals surface area contributed by atoms with Crippen molar-refractivity contribution < 1.29 is 28.3 Å². The van der Waals surface area contributed by atoms with Gasteiger partial charge in [0.05, 0.1) is 34.3 Å². The standard InChI is InChI=1S/C50H57Cl2FN8O6/c1-58-40-20-29(10-15-38(40)61(48(58)66)39-16-17-41(62)56-45(39)63)23-60-26-33(27-60)67-32-24-59(25-32)22-28-8-12-31(13-9-28)54-46(64)44-42(34-6-5-7-36(52)43(34)53)50(49(57-44)18-3-2-4-19-49)35-14-11-30(51)21-37(35)55-47(50)65/h5-7,10-11,14-15,20-21,28,31-33,39,42,44,57H,2-4,8-9,12-13,16-19,22-27H2,1H3,(H,54,64)(H,55,65)(H,56,62,63)/t28?,31?,39?,42-,44+,50+/m0/s1. The second-order valence-electron chi connectivity index (χ2n) is 20.4. The SMILES string of the molecule is Cn1c(=O)n(C2CCC(=O)NC2=O)c2ccc(CN3CC(OC4CN(CC5CCC(NC(=O)[C@@H]6NC7(CCCCC7)[C@@]7(C(=O)Nc8cc(Cl)ccc87)[C@H]6c6cccc(Cl)c6F)CC5)C4)C3)cc21. The third-order valence-corrected chi connectivity index (χ3v) is 16.9. The summed E-state index contributed by atoms with van der Waals surface area (Å²) in [6.07, 6.45) is 8.70. The van der Waals surface area contributed by atoms with Crippen molar-refractivity contribution in [2.45, 2.75) is 124 Å². The lowest BCUT2D eigenvalue weighted by Crippen LogP contribution is -2.60. The number of imidazole rings is 1. The number of nitrogens with one attached hydrogen (secondary N) is 4. The maximum absolute atomic E-state index is 16.3. The molecule has 2 aliphatic carbocycles. The number of aryl methyl sites for hydroxylation is 1. The molecular weight excluding hydrogens is 899 g/mol. The molecule has 17 heteroatoms. The number of imide groups is 1. The molecule has 2 spiro atoms. The summed E-state index contributed by atoms with van der Waals surface area (Å²) in [6.45, 7) is 5.21. The van der Waals surface area contributed by atoms with Crippen LogP contribution in [-0.2, 0) is 42.9 Å². The van der Waals surface area contributed by atoms with Gasteiger partial charge in [-0.3, -0.25) is 48.7 Å². The van der Waals surface area contributed by atoms with Crippen molar-refractivity contribution in [3.63, 3.8) is 0 Å². The molecule has 3 aromatic carbocycles. The molecule has 14 nitrogen and oxygen atoms in total. The van der Waals surface area contributed by atoms with Crippen molar-refractivity contribution in [3.8, 4) is 0 Å². The third kappa shape index (κ3) is 7.63. The Hall–Kier alpha value is -4.64. The quantitative estimate of drug-likeness (QED) is 0.147. The summed E-state index contributed by atoms with van der Waals surface area (Å²) < 4.78 is 25.9. The summed E-state index contributed by atoms with van der Waals surface area (Å²) >= 11 is 12.9. The van der Waals surface area contributed by atoms with E-state index in [1.165, 1.54) is 10.6 Å². The van der Waals surface area contributed by atoms with Crippen LogP contribution in [-0.4, -0.2) is 105 Å². The summed E-state index contributed by atoms with van der Waals surface area (Å²) in [7, 11) is 1.71. The number of halogens is 3. The molecule has 7 aliphatic rings. The Morgan fingerprint density at radius 1 is 0.866 bits per heavy atom. The fraction of sp³-hybridized carbons (Fsp3) is 0.540. The Labute approximate surface area is 398 Å². The lowest BCUT2D eigenvalue weighted by Gasteiger charge is -2.47. The van der Waals surface area contributed by atoms with E-state index in [0.717, 1.165) is 101 Å². The first-order valence-corrected chi connectivity index (χ1v) is 24.8. The van der Waals surface area contributed by atoms with Gasteiger partial charge in [-0.2, -0.15) is 0 Å². The molecule has 11 rings (SSSR count). The van der Waals surface area contributed by atoms with E-state index in [9.17, 15) is 24.0 Å². The van der Waals surface area contributed by atoms with Crippen LogP contribution in [0.1, 0.15) is 99.3 Å². The number of carbonyl (C=O) groups is 4. The molecule has 0 bridgehead atoms. The summed E-state index contributed by atoms with van der Waals surface area (Å²) in [6, 6.07) is 14.6. The first kappa shape index (κ1) is 44.8. The molecule has 4 N–H and O–H groups in total. The average Bonchev–Trinajstić information content (AvgIpc) is 3.83. The highest BCUT2D eigenvalue weighted by Gasteiger charge is 2.72. The number of amides is 4. The smallest absolute Gasteiger partial charge is 0.329 e. The van der Waals surface area contributed by atoms with Gasteiger partial charge in [0.1, 0.15) is 17.3 Å². The van der Waals surface area contributed by atoms with Gasteiger partial charge < -0.3 is 15.4 Å². The highest BCUT2D eigenvalue weighted by molar-refractivity contribution is 6.31. The summed E-state index contributed by atoms with van der Waals surface area (Å²) in [5, 5.41) is 13.0. The molecule has 4 aromatic rings. The largest absolute Gasteiger partial charge is 0.370 e. The van der Waals surface area contributed by atoms with Crippen LogP contribution >= 0.6 is 23.2 Å². The van der Waals surface area contributed by atoms with Gasteiger partial charge in [-0.15, -0.1) is 0 Å². The number of hydrogen-bond donors (Lipinski definition) is 4. The van der Waals surface area contributed by atoms with Gasteiger partial charge in [0.2, 0.25) is 23.6 Å². The topological polar surface area (TPSA) is 159 Å². The summed E-state index contributed by atoms with van der Waals surface area (Å²) in [5.41, 5.74) is 1.83. The molecule has 67 heavy (non-hydrogen) atoms. The number of fused-ring (bicyclic) bond motifs is 4. The second-order valence-corrected chi connectivity index (χ2v) is 21.2. The number of likely N-dealkylation sites (tertiary alicyclic amines) is 2. The van der Waals surface area contributed by atoms with Gasteiger partial charge in [-0.05, 0) is 97.9 Å². The van der Waals surface area contributed by atoms with E-state index < -0.39 is 40.7 Å². The van der Waals surface area contributed by atoms with Crippen LogP contribution < -0.4 is 27.0 Å². The molecule has 0 radical (unpaired) electrons. The minimum Gasteiger partial charge on any atom is -0.370 e. The van der Waals surface area contributed by atoms with Crippen LogP contribution in [0.25, 0.3) is 11.0 Å². The molecule has 6 heterocycles. The van der Waals surface area contributed by atoms with Crippen LogP contribution in [0, 0.1) is 11.7 Å². The van der Waals surface area contributed by atoms with Gasteiger partial charge in [0.25, 0.3) is 0 Å². The molecule has 5 aliphatic heterocycles. The molecule has 4 saturated heterocycles. The fourth-order valence-electron chi connectivity index (χ4n) is 13.1. The molecule has 6 fully saturated rings. The first-order valence-electron chi connectivity index (χ1n) is 24.1. The maximum Gasteiger partial charge on any atom is 0.329 e. The van der Waals surface area contributed by atoms with E-state index in [-0.39, 0.29) is 58.7 Å². The number of rotatable bonds is 10. The zero-order valence-corrected chi connectivity index (χ0v) is 39.1. The van der Waals surface area contributed by atoms with Gasteiger partial charge in [-0.1, -0.05) is 66.7 Å². The van der Waals surface area contributed by atoms with Crippen LogP contribution in [0.3, 0.4) is 0 Å². The number of benzene rings is 3. The predicted octanol–water partition coefficient (Wildman–Crippen LogP) is 5.67. The Bertz CT molecular complexity index is 2720. The van der Waals surface area contributed by atoms with Crippen molar-refractivity contribution in [2.24, 2.45) is 13.0 Å². The van der Waals surface area contributed by atoms with Crippen molar-refractivity contribution in [3.05, 3.63) is 97.6 Å². The van der Waals surface area contributed by atoms with Crippen molar-refractivity contribution in [1.29, 1.82) is 0 Å². The number of hydrogen-bond acceptors (Lipinski definition) is 9. The molecule has 1 unspecified atom stereocenters. The van der Waals surface area contributed by atoms with Crippen molar-refractivity contribution in [1.82, 2.24) is 34.9 Å². The van der Waals surface area contributed by atoms with Crippen LogP contribution in [0.4, 0.5) is 10.1 Å². The molecule has 4 amide bonds. The fourth-order valence-corrected chi connectivity index (χ4v) is 13.5. The van der Waals surface area contributed by atoms with Crippen LogP contribution in [0.5, 0.6) is 0 Å². The molecular formula is C50H57Cl2FN8O6. The van der Waals surface area contributed by atoms with E-state index in [0.29, 0.717) is 41.4 Å². The predicted molar refractivity (Wildman–Crippen MR) is 252 cm³/mol. The van der Waals surface area contributed by atoms with E-state index in [2.05, 4.69) is 31.1 Å². The van der Waals surface area contributed by atoms with Crippen molar-refractivity contribution in [2.75, 3.05) is 38.0 Å². The zero-order valence-electron chi connectivity index (χ0n) is 37.6. The van der Waals surface area contributed by atoms with E-state index in [1.807, 2.05) is 24.3 Å². The van der Waals surface area contributed by atoms with E-state index in [4.69, 9.17) is 27.9 Å². The maximum atomic E-state index is 16.3. The minimum absolute atomic E-state index is 0.0282. The lowest BCUT2D eigenvalue weighted by molar-refractivity contribution is -0.142. The third-order valence-electron chi connectivity index (χ3n) is 16.3. The van der Waals surface area contributed by atoms with Crippen molar-refractivity contribution >= 4 is 63.6 Å². The van der Waals surface area contributed by atoms with Crippen LogP contribution in [0.15, 0.2) is 59.4 Å². The second kappa shape index (κ2) is 17.4. The number of anilines is 1. The Balaban J connectivity index is 0.674. The first-order chi connectivity index (χ1) is 32.3. The highest BCUT2D eigenvalue weighted by Crippen LogP contribution is 2.63. The Morgan fingerprint density at radius 3 is 2.36 bits per heavy atom. The normalized spacial score (nSPS) is 29.0. The summed E-state index contributed by atoms with van der Waals surface area (Å²) in [5.74, 6) is -2.14. The van der Waals surface area contributed by atoms with Gasteiger partial charge in [-0.25, -0.2) is 9.18 Å². The molecule has 1 aromatic heterocycles. The Kier molecular flexibility index (Phi) is 11.6. The monoisotopic (exact) mass is 954 g/mol. The number of aromatic nitrogens is 2. The van der Waals surface area contributed by atoms with E-state index >= 15 is 4.39 Å². The summed E-state index contributed by atoms with van der Waals surface area (Å²) in [4.78, 5) is 71.7. The molecule has 2 saturated carbocycles. The zero-order chi connectivity index (χ0) is 46.4. The van der Waals surface area contributed by atoms with Gasteiger partial charge >= 0.3 is 5.69 Å². The highest BCUT2D eigenvalue weighted by atomic mass is 35.5. The van der Waals surface area contributed by atoms with Crippen LogP contribution in [0.2, 0.25) is 10.0 Å².